The number of hydrogen-bond donors (Lipinski definition) is 2. The summed E-state index contributed by atoms with van der Waals surface area (Å²) in [5.74, 6) is 0.261. The van der Waals surface area contributed by atoms with Crippen LogP contribution in [0.2, 0.25) is 0 Å². The van der Waals surface area contributed by atoms with Crippen molar-refractivity contribution in [3.05, 3.63) is 82.5 Å². The second-order valence-corrected chi connectivity index (χ2v) is 7.79. The highest BCUT2D eigenvalue weighted by Crippen LogP contribution is 2.32. The topological polar surface area (TPSA) is 106 Å². The van der Waals surface area contributed by atoms with E-state index in [9.17, 15) is 9.59 Å². The quantitative estimate of drug-likeness (QED) is 0.355. The Bertz CT molecular complexity index is 1380. The number of carbonyl (C=O) groups excluding carboxylic acids is 1. The van der Waals surface area contributed by atoms with Crippen LogP contribution in [0, 0.1) is 0 Å². The molecule has 0 spiro atoms. The third-order valence-corrected chi connectivity index (χ3v) is 5.56. The van der Waals surface area contributed by atoms with Crippen molar-refractivity contribution < 1.29 is 13.9 Å². The number of ketones is 1. The van der Waals surface area contributed by atoms with E-state index >= 15 is 0 Å². The molecule has 2 N–H and O–H groups in total. The van der Waals surface area contributed by atoms with E-state index in [2.05, 4.69) is 20.6 Å². The third-order valence-electron chi connectivity index (χ3n) is 5.56. The molecular formula is C25H22N4O4. The van der Waals surface area contributed by atoms with Gasteiger partial charge < -0.3 is 19.8 Å². The van der Waals surface area contributed by atoms with E-state index in [1.165, 1.54) is 13.3 Å². The zero-order valence-electron chi connectivity index (χ0n) is 18.0. The van der Waals surface area contributed by atoms with Crippen molar-refractivity contribution in [1.82, 2.24) is 15.3 Å². The fraction of sp³-hybridized carbons (Fsp3) is 0.200. The molecule has 1 aliphatic heterocycles. The van der Waals surface area contributed by atoms with E-state index in [-0.39, 0.29) is 11.3 Å². The summed E-state index contributed by atoms with van der Waals surface area (Å²) in [4.78, 5) is 33.6. The number of fused-ring (bicyclic) bond motifs is 1. The van der Waals surface area contributed by atoms with Gasteiger partial charge in [0.15, 0.2) is 5.78 Å². The highest BCUT2D eigenvalue weighted by molar-refractivity contribution is 6.00. The molecule has 1 atom stereocenters. The van der Waals surface area contributed by atoms with Crippen molar-refractivity contribution in [3.8, 4) is 11.3 Å². The second-order valence-electron chi connectivity index (χ2n) is 7.79. The SMILES string of the molecule is CC(=O)c1c(C2CNCCO2)c2ccc(Nc3cc(-c4ccccc4)ncn3)cc2oc1=O. The maximum atomic E-state index is 12.7. The second kappa shape index (κ2) is 8.93. The summed E-state index contributed by atoms with van der Waals surface area (Å²) in [5.41, 5.74) is 2.78. The first-order valence-electron chi connectivity index (χ1n) is 10.7. The number of anilines is 2. The molecule has 4 aromatic rings. The van der Waals surface area contributed by atoms with Crippen molar-refractivity contribution in [1.29, 1.82) is 0 Å². The first-order chi connectivity index (χ1) is 16.1. The fourth-order valence-corrected chi connectivity index (χ4v) is 4.06. The van der Waals surface area contributed by atoms with E-state index in [4.69, 9.17) is 9.15 Å². The minimum Gasteiger partial charge on any atom is -0.422 e. The number of ether oxygens (including phenoxy) is 1. The minimum atomic E-state index is -0.662. The summed E-state index contributed by atoms with van der Waals surface area (Å²) in [6.45, 7) is 3.11. The molecule has 1 fully saturated rings. The van der Waals surface area contributed by atoms with Gasteiger partial charge in [-0.25, -0.2) is 14.8 Å². The molecule has 1 saturated heterocycles. The van der Waals surface area contributed by atoms with E-state index in [1.807, 2.05) is 48.5 Å². The Morgan fingerprint density at radius 1 is 1.12 bits per heavy atom. The van der Waals surface area contributed by atoms with E-state index < -0.39 is 11.7 Å². The number of Topliss-reactive ketones (excluding diaryl/α,β-unsaturated/α-hetero) is 1. The van der Waals surface area contributed by atoms with Crippen molar-refractivity contribution in [2.75, 3.05) is 25.0 Å². The molecule has 1 unspecified atom stereocenters. The number of hydrogen-bond acceptors (Lipinski definition) is 8. The lowest BCUT2D eigenvalue weighted by Gasteiger charge is -2.26. The molecule has 5 rings (SSSR count). The summed E-state index contributed by atoms with van der Waals surface area (Å²) in [6.07, 6.45) is 1.09. The van der Waals surface area contributed by atoms with Crippen LogP contribution in [0.5, 0.6) is 0 Å². The van der Waals surface area contributed by atoms with Gasteiger partial charge in [-0.3, -0.25) is 4.79 Å². The maximum absolute atomic E-state index is 12.7. The lowest BCUT2D eigenvalue weighted by Crippen LogP contribution is -2.35. The van der Waals surface area contributed by atoms with Crippen LogP contribution in [0.25, 0.3) is 22.2 Å². The molecule has 1 aliphatic rings. The summed E-state index contributed by atoms with van der Waals surface area (Å²) in [6, 6.07) is 17.1. The molecule has 33 heavy (non-hydrogen) atoms. The van der Waals surface area contributed by atoms with Gasteiger partial charge >= 0.3 is 5.63 Å². The standard InChI is InChI=1S/C25H22N4O4/c1-15(30)23-24(21-13-26-9-10-32-21)18-8-7-17(11-20(18)33-25(23)31)29-22-12-19(27-14-28-22)16-5-3-2-4-6-16/h2-8,11-12,14,21,26H,9-10,13H2,1H3,(H,27,28,29). The van der Waals surface area contributed by atoms with Crippen molar-refractivity contribution in [3.63, 3.8) is 0 Å². The Morgan fingerprint density at radius 2 is 1.97 bits per heavy atom. The first kappa shape index (κ1) is 21.0. The van der Waals surface area contributed by atoms with Gasteiger partial charge in [0.2, 0.25) is 0 Å². The molecule has 0 aliphatic carbocycles. The fourth-order valence-electron chi connectivity index (χ4n) is 4.06. The summed E-state index contributed by atoms with van der Waals surface area (Å²) < 4.78 is 11.4. The molecule has 0 radical (unpaired) electrons. The number of benzene rings is 2. The minimum absolute atomic E-state index is 0.0419. The molecule has 0 saturated carbocycles. The average molecular weight is 442 g/mol. The van der Waals surface area contributed by atoms with Crippen LogP contribution >= 0.6 is 0 Å². The Labute approximate surface area is 189 Å². The van der Waals surface area contributed by atoms with Gasteiger partial charge in [0.1, 0.15) is 23.3 Å². The van der Waals surface area contributed by atoms with Gasteiger partial charge in [-0.05, 0) is 19.1 Å². The van der Waals surface area contributed by atoms with Gasteiger partial charge in [-0.15, -0.1) is 0 Å². The highest BCUT2D eigenvalue weighted by atomic mass is 16.5. The number of nitrogens with one attached hydrogen (secondary N) is 2. The highest BCUT2D eigenvalue weighted by Gasteiger charge is 2.27. The zero-order chi connectivity index (χ0) is 22.8. The normalized spacial score (nSPS) is 16.0. The van der Waals surface area contributed by atoms with Crippen LogP contribution < -0.4 is 16.3 Å². The number of morpholine rings is 1. The van der Waals surface area contributed by atoms with Gasteiger partial charge in [0.05, 0.1) is 18.4 Å². The first-order valence-corrected chi connectivity index (χ1v) is 10.7. The molecule has 8 nitrogen and oxygen atoms in total. The Morgan fingerprint density at radius 3 is 2.73 bits per heavy atom. The summed E-state index contributed by atoms with van der Waals surface area (Å²) in [7, 11) is 0. The van der Waals surface area contributed by atoms with Crippen molar-refractivity contribution in [2.45, 2.75) is 13.0 Å². The van der Waals surface area contributed by atoms with Gasteiger partial charge in [-0.2, -0.15) is 0 Å². The van der Waals surface area contributed by atoms with Crippen LogP contribution in [0.3, 0.4) is 0 Å². The molecule has 2 aromatic heterocycles. The molecule has 8 heteroatoms. The van der Waals surface area contributed by atoms with Crippen LogP contribution in [0.4, 0.5) is 11.5 Å². The molecule has 3 heterocycles. The lowest BCUT2D eigenvalue weighted by atomic mass is 9.96. The van der Waals surface area contributed by atoms with E-state index in [0.717, 1.165) is 17.8 Å². The number of nitrogens with zero attached hydrogens (tertiary/aromatic N) is 2. The monoisotopic (exact) mass is 442 g/mol. The summed E-state index contributed by atoms with van der Waals surface area (Å²) in [5, 5.41) is 7.16. The summed E-state index contributed by atoms with van der Waals surface area (Å²) >= 11 is 0. The van der Waals surface area contributed by atoms with Crippen LogP contribution in [-0.2, 0) is 4.74 Å². The largest absolute Gasteiger partial charge is 0.422 e. The average Bonchev–Trinajstić information content (AvgIpc) is 2.84. The number of carbonyl (C=O) groups is 1. The molecule has 0 bridgehead atoms. The lowest BCUT2D eigenvalue weighted by molar-refractivity contribution is 0.0277. The smallest absolute Gasteiger partial charge is 0.347 e. The van der Waals surface area contributed by atoms with Gasteiger partial charge in [0, 0.05) is 47.4 Å². The zero-order valence-corrected chi connectivity index (χ0v) is 18.0. The Balaban J connectivity index is 1.54. The molecule has 2 aromatic carbocycles. The molecule has 166 valence electrons. The molecule has 0 amide bonds. The molecular weight excluding hydrogens is 420 g/mol. The Kier molecular flexibility index (Phi) is 5.68. The van der Waals surface area contributed by atoms with E-state index in [0.29, 0.717) is 41.2 Å². The van der Waals surface area contributed by atoms with Crippen LogP contribution in [0.1, 0.15) is 28.9 Å². The van der Waals surface area contributed by atoms with E-state index in [1.54, 1.807) is 6.07 Å². The number of rotatable bonds is 5. The van der Waals surface area contributed by atoms with Gasteiger partial charge in [-0.1, -0.05) is 30.3 Å². The number of aromatic nitrogens is 2. The van der Waals surface area contributed by atoms with Crippen molar-refractivity contribution in [2.24, 2.45) is 0 Å². The van der Waals surface area contributed by atoms with Crippen LogP contribution in [0.15, 0.2) is 70.1 Å². The maximum Gasteiger partial charge on any atom is 0.347 e. The van der Waals surface area contributed by atoms with Crippen molar-refractivity contribution >= 4 is 28.3 Å². The van der Waals surface area contributed by atoms with Gasteiger partial charge in [0.25, 0.3) is 0 Å². The predicted molar refractivity (Wildman–Crippen MR) is 125 cm³/mol. The Hall–Kier alpha value is -3.88. The third kappa shape index (κ3) is 4.26. The predicted octanol–water partition coefficient (Wildman–Crippen LogP) is 3.86. The van der Waals surface area contributed by atoms with Crippen LogP contribution in [-0.4, -0.2) is 35.4 Å².